The van der Waals surface area contributed by atoms with Gasteiger partial charge in [-0.25, -0.2) is 9.59 Å². The van der Waals surface area contributed by atoms with Crippen LogP contribution in [0.25, 0.3) is 22.1 Å². The number of phenolic OH excluding ortho intramolecular Hbond substituents is 1. The van der Waals surface area contributed by atoms with Gasteiger partial charge in [0.05, 0.1) is 32.0 Å². The largest absolute Gasteiger partial charge is 0.507 e. The first-order valence-corrected chi connectivity index (χ1v) is 11.1. The van der Waals surface area contributed by atoms with Gasteiger partial charge < -0.3 is 28.6 Å². The van der Waals surface area contributed by atoms with Crippen molar-refractivity contribution in [1.29, 1.82) is 0 Å². The lowest BCUT2D eigenvalue weighted by atomic mass is 10.0. The lowest BCUT2D eigenvalue weighted by molar-refractivity contribution is 0.0776. The monoisotopic (exact) mass is 468 g/mol. The average Bonchev–Trinajstić information content (AvgIpc) is 2.85. The van der Waals surface area contributed by atoms with Gasteiger partial charge >= 0.3 is 11.7 Å². The molecule has 0 unspecified atom stereocenters. The van der Waals surface area contributed by atoms with E-state index in [1.165, 1.54) is 7.11 Å². The second kappa shape index (κ2) is 10.0. The van der Waals surface area contributed by atoms with E-state index in [-0.39, 0.29) is 11.8 Å². The molecule has 34 heavy (non-hydrogen) atoms. The van der Waals surface area contributed by atoms with Gasteiger partial charge in [0.1, 0.15) is 22.8 Å². The van der Waals surface area contributed by atoms with Gasteiger partial charge in [0.15, 0.2) is 0 Å². The fourth-order valence-electron chi connectivity index (χ4n) is 4.12. The number of hydrogen-bond donors (Lipinski definition) is 1. The molecule has 0 bridgehead atoms. The fraction of sp³-hybridized carbons (Fsp3) is 0.360. The third-order valence-electron chi connectivity index (χ3n) is 5.96. The number of methoxy groups -OCH3 is 2. The standard InChI is InChI=1S/C25H28N2O7/c1-4-33-25(30)27-11-9-26(10-12-27)15-20-21(28)7-5-16-13-19(24(29)34-23(16)20)18-14-17(31-2)6-8-22(18)32-3/h5-8,13-14,28H,4,9-12,15H2,1-3H3. The van der Waals surface area contributed by atoms with Crippen molar-refractivity contribution in [3.63, 3.8) is 0 Å². The normalized spacial score (nSPS) is 14.3. The SMILES string of the molecule is CCOC(=O)N1CCN(Cc2c(O)ccc3cc(-c4cc(OC)ccc4OC)c(=O)oc23)CC1. The van der Waals surface area contributed by atoms with Crippen molar-refractivity contribution in [2.75, 3.05) is 47.0 Å². The number of piperazine rings is 1. The molecule has 180 valence electrons. The summed E-state index contributed by atoms with van der Waals surface area (Å²) in [6.45, 7) is 4.76. The van der Waals surface area contributed by atoms with E-state index in [1.807, 2.05) is 0 Å². The Bertz CT molecular complexity index is 1250. The minimum absolute atomic E-state index is 0.0511. The summed E-state index contributed by atoms with van der Waals surface area (Å²) < 4.78 is 21.5. The zero-order valence-electron chi connectivity index (χ0n) is 19.5. The maximum absolute atomic E-state index is 13.0. The van der Waals surface area contributed by atoms with Crippen LogP contribution in [0.5, 0.6) is 17.2 Å². The number of amides is 1. The van der Waals surface area contributed by atoms with E-state index in [0.717, 1.165) is 0 Å². The molecule has 4 rings (SSSR count). The lowest BCUT2D eigenvalue weighted by Crippen LogP contribution is -2.48. The smallest absolute Gasteiger partial charge is 0.409 e. The molecule has 0 spiro atoms. The highest BCUT2D eigenvalue weighted by Gasteiger charge is 2.24. The summed E-state index contributed by atoms with van der Waals surface area (Å²) in [5.41, 5.74) is 1.22. The highest BCUT2D eigenvalue weighted by molar-refractivity contribution is 5.87. The van der Waals surface area contributed by atoms with Gasteiger partial charge in [0.2, 0.25) is 0 Å². The Kier molecular flexibility index (Phi) is 6.93. The van der Waals surface area contributed by atoms with Crippen LogP contribution in [0.3, 0.4) is 0 Å². The van der Waals surface area contributed by atoms with Crippen LogP contribution in [-0.4, -0.2) is 68.0 Å². The molecule has 0 saturated carbocycles. The molecule has 1 fully saturated rings. The zero-order valence-corrected chi connectivity index (χ0v) is 19.5. The third-order valence-corrected chi connectivity index (χ3v) is 5.96. The van der Waals surface area contributed by atoms with E-state index in [2.05, 4.69) is 4.90 Å². The van der Waals surface area contributed by atoms with Gasteiger partial charge in [0, 0.05) is 43.7 Å². The molecule has 0 radical (unpaired) electrons. The Hall–Kier alpha value is -3.72. The maximum atomic E-state index is 13.0. The molecular weight excluding hydrogens is 440 g/mol. The van der Waals surface area contributed by atoms with E-state index < -0.39 is 5.63 Å². The van der Waals surface area contributed by atoms with Crippen molar-refractivity contribution in [3.05, 3.63) is 52.4 Å². The molecule has 2 aromatic carbocycles. The number of ether oxygens (including phenoxy) is 3. The Morgan fingerprint density at radius 3 is 2.47 bits per heavy atom. The van der Waals surface area contributed by atoms with E-state index in [9.17, 15) is 14.7 Å². The summed E-state index contributed by atoms with van der Waals surface area (Å²) in [4.78, 5) is 28.7. The first-order valence-electron chi connectivity index (χ1n) is 11.1. The molecule has 9 heteroatoms. The summed E-state index contributed by atoms with van der Waals surface area (Å²) in [7, 11) is 3.09. The van der Waals surface area contributed by atoms with Crippen LogP contribution in [0.15, 0.2) is 45.6 Å². The van der Waals surface area contributed by atoms with Crippen LogP contribution in [0.4, 0.5) is 4.79 Å². The van der Waals surface area contributed by atoms with E-state index in [1.54, 1.807) is 55.3 Å². The first kappa shape index (κ1) is 23.4. The molecule has 1 amide bonds. The molecule has 3 aromatic rings. The number of rotatable bonds is 6. The number of nitrogens with zero attached hydrogens (tertiary/aromatic N) is 2. The van der Waals surface area contributed by atoms with Crippen molar-refractivity contribution in [1.82, 2.24) is 9.80 Å². The molecule has 1 saturated heterocycles. The quantitative estimate of drug-likeness (QED) is 0.549. The van der Waals surface area contributed by atoms with Gasteiger partial charge in [-0.05, 0) is 43.3 Å². The third kappa shape index (κ3) is 4.65. The molecule has 1 aromatic heterocycles. The van der Waals surface area contributed by atoms with Gasteiger partial charge in [-0.3, -0.25) is 4.90 Å². The first-order chi connectivity index (χ1) is 16.4. The number of benzene rings is 2. The Labute approximate surface area is 197 Å². The van der Waals surface area contributed by atoms with E-state index in [0.29, 0.717) is 78.5 Å². The summed E-state index contributed by atoms with van der Waals surface area (Å²) in [6, 6.07) is 10.3. The van der Waals surface area contributed by atoms with Crippen molar-refractivity contribution >= 4 is 17.1 Å². The van der Waals surface area contributed by atoms with Gasteiger partial charge in [0.25, 0.3) is 0 Å². The topological polar surface area (TPSA) is 102 Å². The van der Waals surface area contributed by atoms with Crippen LogP contribution < -0.4 is 15.1 Å². The number of carbonyl (C=O) groups excluding carboxylic acids is 1. The molecule has 1 N–H and O–H groups in total. The maximum Gasteiger partial charge on any atom is 0.409 e. The summed E-state index contributed by atoms with van der Waals surface area (Å²) in [5.74, 6) is 1.16. The van der Waals surface area contributed by atoms with Crippen molar-refractivity contribution < 1.29 is 28.5 Å². The second-order valence-electron chi connectivity index (χ2n) is 7.96. The lowest BCUT2D eigenvalue weighted by Gasteiger charge is -2.34. The number of phenols is 1. The average molecular weight is 469 g/mol. The zero-order chi connectivity index (χ0) is 24.2. The van der Waals surface area contributed by atoms with E-state index in [4.69, 9.17) is 18.6 Å². The molecule has 1 aliphatic heterocycles. The summed E-state index contributed by atoms with van der Waals surface area (Å²) in [6.07, 6.45) is -0.318. The number of aromatic hydroxyl groups is 1. The molecule has 1 aliphatic rings. The van der Waals surface area contributed by atoms with Gasteiger partial charge in [-0.2, -0.15) is 0 Å². The Balaban J connectivity index is 1.65. The van der Waals surface area contributed by atoms with Crippen molar-refractivity contribution in [2.24, 2.45) is 0 Å². The van der Waals surface area contributed by atoms with Crippen LogP contribution in [0.2, 0.25) is 0 Å². The highest BCUT2D eigenvalue weighted by atomic mass is 16.6. The predicted molar refractivity (Wildman–Crippen MR) is 127 cm³/mol. The van der Waals surface area contributed by atoms with Gasteiger partial charge in [-0.15, -0.1) is 0 Å². The minimum Gasteiger partial charge on any atom is -0.507 e. The minimum atomic E-state index is -0.543. The number of hydrogen-bond acceptors (Lipinski definition) is 8. The molecule has 9 nitrogen and oxygen atoms in total. The summed E-state index contributed by atoms with van der Waals surface area (Å²) in [5, 5.41) is 11.2. The molecular formula is C25H28N2O7. The highest BCUT2D eigenvalue weighted by Crippen LogP contribution is 2.35. The Morgan fingerprint density at radius 2 is 1.79 bits per heavy atom. The summed E-state index contributed by atoms with van der Waals surface area (Å²) >= 11 is 0. The van der Waals surface area contributed by atoms with Gasteiger partial charge in [-0.1, -0.05) is 0 Å². The van der Waals surface area contributed by atoms with Crippen LogP contribution in [0.1, 0.15) is 12.5 Å². The number of fused-ring (bicyclic) bond motifs is 1. The number of carbonyl (C=O) groups is 1. The van der Waals surface area contributed by atoms with Crippen molar-refractivity contribution in [2.45, 2.75) is 13.5 Å². The molecule has 2 heterocycles. The van der Waals surface area contributed by atoms with Crippen LogP contribution in [-0.2, 0) is 11.3 Å². The molecule has 0 atom stereocenters. The van der Waals surface area contributed by atoms with E-state index >= 15 is 0 Å². The Morgan fingerprint density at radius 1 is 1.03 bits per heavy atom. The van der Waals surface area contributed by atoms with Crippen molar-refractivity contribution in [3.8, 4) is 28.4 Å². The van der Waals surface area contributed by atoms with Crippen LogP contribution >= 0.6 is 0 Å². The molecule has 0 aliphatic carbocycles. The fourth-order valence-corrected chi connectivity index (χ4v) is 4.12. The van der Waals surface area contributed by atoms with Crippen LogP contribution in [0, 0.1) is 0 Å². The predicted octanol–water partition coefficient (Wildman–Crippen LogP) is 3.46. The second-order valence-corrected chi connectivity index (χ2v) is 7.96.